The first-order valence-corrected chi connectivity index (χ1v) is 7.78. The number of rotatable bonds is 7. The Balaban J connectivity index is 3.05. The zero-order chi connectivity index (χ0) is 11.1. The normalized spacial score (nSPS) is 10.9. The monoisotopic (exact) mass is 218 g/mol. The third-order valence-corrected chi connectivity index (χ3v) is 7.19. The molecule has 0 atom stereocenters. The molecule has 80 valence electrons. The summed E-state index contributed by atoms with van der Waals surface area (Å²) in [6, 6.07) is 7.06. The van der Waals surface area contributed by atoms with E-state index < -0.39 is 8.07 Å². The first-order chi connectivity index (χ1) is 7.29. The zero-order valence-electron chi connectivity index (χ0n) is 9.11. The Labute approximate surface area is 92.8 Å². The summed E-state index contributed by atoms with van der Waals surface area (Å²) in [6.07, 6.45) is 7.71. The molecule has 0 aliphatic carbocycles. The van der Waals surface area contributed by atoms with Crippen molar-refractivity contribution in [1.82, 2.24) is 0 Å². The van der Waals surface area contributed by atoms with Crippen LogP contribution in [0.2, 0.25) is 18.1 Å². The van der Waals surface area contributed by atoms with Crippen LogP contribution in [0.3, 0.4) is 0 Å². The zero-order valence-corrected chi connectivity index (χ0v) is 10.1. The topological polar surface area (TPSA) is 13.1 Å². The van der Waals surface area contributed by atoms with E-state index in [0.29, 0.717) is 0 Å². The van der Waals surface area contributed by atoms with Crippen molar-refractivity contribution in [3.8, 4) is 0 Å². The predicted octanol–water partition coefficient (Wildman–Crippen LogP) is 3.49. The smallest absolute Gasteiger partial charge is 0.143 e. The second-order valence-corrected chi connectivity index (χ2v) is 8.01. The van der Waals surface area contributed by atoms with Crippen molar-refractivity contribution in [2.24, 2.45) is 0 Å². The third-order valence-electron chi connectivity index (χ3n) is 2.65. The molecule has 0 spiro atoms. The highest BCUT2D eigenvalue weighted by Gasteiger charge is 2.34. The summed E-state index contributed by atoms with van der Waals surface area (Å²) in [4.78, 5) is 0. The molecule has 0 aliphatic heterocycles. The predicted molar refractivity (Wildman–Crippen MR) is 69.1 cm³/mol. The Kier molecular flexibility index (Phi) is 4.37. The Hall–Kier alpha value is -1.28. The van der Waals surface area contributed by atoms with E-state index in [-0.39, 0.29) is 0 Å². The van der Waals surface area contributed by atoms with E-state index in [0.717, 1.165) is 23.5 Å². The Bertz CT molecular complexity index is 298. The molecular weight excluding hydrogens is 200 g/mol. The molecule has 0 aliphatic rings. The van der Waals surface area contributed by atoms with Crippen LogP contribution in [-0.2, 0) is 0 Å². The fourth-order valence-electron chi connectivity index (χ4n) is 1.96. The molecule has 0 bridgehead atoms. The second-order valence-electron chi connectivity index (χ2n) is 3.74. The molecule has 0 unspecified atom stereocenters. The molecule has 1 aromatic rings. The number of hydrogen-bond acceptors (Lipinski definition) is 1. The van der Waals surface area contributed by atoms with Gasteiger partial charge in [-0.3, -0.25) is 0 Å². The average Bonchev–Trinajstić information content (AvgIpc) is 2.72. The quantitative estimate of drug-likeness (QED) is 0.504. The van der Waals surface area contributed by atoms with E-state index in [2.05, 4.69) is 25.8 Å². The van der Waals surface area contributed by atoms with E-state index in [1.54, 1.807) is 6.26 Å². The first kappa shape index (κ1) is 11.8. The number of furan rings is 1. The highest BCUT2D eigenvalue weighted by molar-refractivity contribution is 6.91. The van der Waals surface area contributed by atoms with Gasteiger partial charge in [-0.05, 0) is 30.3 Å². The molecule has 0 fully saturated rings. The molecule has 0 N–H and O–H groups in total. The molecule has 0 amide bonds. The van der Waals surface area contributed by atoms with Gasteiger partial charge in [0.2, 0.25) is 0 Å². The van der Waals surface area contributed by atoms with Gasteiger partial charge in [0.15, 0.2) is 0 Å². The van der Waals surface area contributed by atoms with Crippen LogP contribution in [0, 0.1) is 0 Å². The minimum Gasteiger partial charge on any atom is -0.474 e. The van der Waals surface area contributed by atoms with E-state index in [4.69, 9.17) is 4.42 Å². The van der Waals surface area contributed by atoms with Crippen LogP contribution in [0.15, 0.2) is 60.8 Å². The van der Waals surface area contributed by atoms with Gasteiger partial charge in [0.1, 0.15) is 8.07 Å². The van der Waals surface area contributed by atoms with Gasteiger partial charge in [-0.1, -0.05) is 18.2 Å². The van der Waals surface area contributed by atoms with Crippen molar-refractivity contribution in [2.75, 3.05) is 0 Å². The molecule has 2 heteroatoms. The van der Waals surface area contributed by atoms with E-state index in [9.17, 15) is 0 Å². The van der Waals surface area contributed by atoms with Crippen LogP contribution in [0.4, 0.5) is 0 Å². The summed E-state index contributed by atoms with van der Waals surface area (Å²) in [5, 5.41) is 1.13. The van der Waals surface area contributed by atoms with Crippen molar-refractivity contribution < 1.29 is 4.42 Å². The molecule has 1 heterocycles. The Morgan fingerprint density at radius 1 is 1.07 bits per heavy atom. The minimum absolute atomic E-state index is 1.01. The maximum atomic E-state index is 5.58. The molecule has 0 saturated heterocycles. The summed E-state index contributed by atoms with van der Waals surface area (Å²) in [5.74, 6) is 0. The van der Waals surface area contributed by atoms with E-state index in [1.807, 2.05) is 24.3 Å². The van der Waals surface area contributed by atoms with E-state index in [1.165, 1.54) is 0 Å². The molecule has 15 heavy (non-hydrogen) atoms. The summed E-state index contributed by atoms with van der Waals surface area (Å²) in [7, 11) is -1.64. The lowest BCUT2D eigenvalue weighted by molar-refractivity contribution is 0.596. The van der Waals surface area contributed by atoms with Gasteiger partial charge in [0.05, 0.1) is 11.6 Å². The SMILES string of the molecule is C=CC[Si](CC=C)(CC=C)c1ccco1. The van der Waals surface area contributed by atoms with Crippen molar-refractivity contribution in [1.29, 1.82) is 0 Å². The summed E-state index contributed by atoms with van der Waals surface area (Å²) < 4.78 is 5.58. The maximum absolute atomic E-state index is 5.58. The van der Waals surface area contributed by atoms with Gasteiger partial charge >= 0.3 is 0 Å². The lowest BCUT2D eigenvalue weighted by Gasteiger charge is -2.25. The fourth-order valence-corrected chi connectivity index (χ4v) is 5.49. The highest BCUT2D eigenvalue weighted by Crippen LogP contribution is 2.22. The highest BCUT2D eigenvalue weighted by atomic mass is 28.3. The minimum atomic E-state index is -1.64. The lowest BCUT2D eigenvalue weighted by Crippen LogP contribution is -2.45. The molecule has 0 saturated carbocycles. The van der Waals surface area contributed by atoms with Crippen molar-refractivity contribution in [2.45, 2.75) is 18.1 Å². The van der Waals surface area contributed by atoms with Crippen molar-refractivity contribution in [3.05, 3.63) is 56.4 Å². The summed E-state index contributed by atoms with van der Waals surface area (Å²) in [5.41, 5.74) is 0. The molecule has 0 radical (unpaired) electrons. The Morgan fingerprint density at radius 3 is 1.93 bits per heavy atom. The Morgan fingerprint density at radius 2 is 1.60 bits per heavy atom. The van der Waals surface area contributed by atoms with Crippen LogP contribution in [-0.4, -0.2) is 8.07 Å². The second kappa shape index (κ2) is 5.56. The van der Waals surface area contributed by atoms with Crippen LogP contribution < -0.4 is 5.38 Å². The summed E-state index contributed by atoms with van der Waals surface area (Å²) in [6.45, 7) is 11.5. The van der Waals surface area contributed by atoms with E-state index >= 15 is 0 Å². The van der Waals surface area contributed by atoms with Crippen LogP contribution in [0.1, 0.15) is 0 Å². The third kappa shape index (κ3) is 2.60. The lowest BCUT2D eigenvalue weighted by atomic mass is 10.7. The van der Waals surface area contributed by atoms with Gasteiger partial charge in [-0.2, -0.15) is 0 Å². The maximum Gasteiger partial charge on any atom is 0.143 e. The largest absolute Gasteiger partial charge is 0.474 e. The van der Waals surface area contributed by atoms with Gasteiger partial charge in [0, 0.05) is 0 Å². The van der Waals surface area contributed by atoms with Crippen LogP contribution in [0.25, 0.3) is 0 Å². The van der Waals surface area contributed by atoms with Gasteiger partial charge in [0.25, 0.3) is 0 Å². The number of hydrogen-bond donors (Lipinski definition) is 0. The van der Waals surface area contributed by atoms with Crippen LogP contribution >= 0.6 is 0 Å². The van der Waals surface area contributed by atoms with Crippen molar-refractivity contribution >= 4 is 13.5 Å². The van der Waals surface area contributed by atoms with Gasteiger partial charge < -0.3 is 4.42 Å². The number of allylic oxidation sites excluding steroid dienone is 3. The first-order valence-electron chi connectivity index (χ1n) is 5.16. The molecule has 0 aromatic carbocycles. The van der Waals surface area contributed by atoms with Gasteiger partial charge in [-0.25, -0.2) is 0 Å². The van der Waals surface area contributed by atoms with Gasteiger partial charge in [-0.15, -0.1) is 19.7 Å². The van der Waals surface area contributed by atoms with Crippen molar-refractivity contribution in [3.63, 3.8) is 0 Å². The fraction of sp³-hybridized carbons (Fsp3) is 0.231. The molecule has 1 rings (SSSR count). The van der Waals surface area contributed by atoms with Crippen LogP contribution in [0.5, 0.6) is 0 Å². The summed E-state index contributed by atoms with van der Waals surface area (Å²) >= 11 is 0. The molecular formula is C13H18OSi. The molecule has 1 nitrogen and oxygen atoms in total. The average molecular weight is 218 g/mol. The standard InChI is InChI=1S/C13H18OSi/c1-4-10-15(11-5-2,12-6-3)13-8-7-9-14-13/h4-9H,1-3,10-12H2. The molecule has 1 aromatic heterocycles.